The first-order chi connectivity index (χ1) is 7.08. The van der Waals surface area contributed by atoms with Crippen LogP contribution in [0.2, 0.25) is 0 Å². The molecule has 0 saturated heterocycles. The van der Waals surface area contributed by atoms with Crippen LogP contribution < -0.4 is 9.47 Å². The van der Waals surface area contributed by atoms with Crippen LogP contribution in [-0.2, 0) is 4.79 Å². The fourth-order valence-corrected chi connectivity index (χ4v) is 1.71. The van der Waals surface area contributed by atoms with Gasteiger partial charge < -0.3 is 9.47 Å². The first-order valence-electron chi connectivity index (χ1n) is 4.09. The fourth-order valence-electron chi connectivity index (χ4n) is 1.08. The molecule has 0 aliphatic carbocycles. The number of halogens is 1. The van der Waals surface area contributed by atoms with E-state index in [0.29, 0.717) is 22.1 Å². The molecule has 1 rings (SSSR count). The Balaban J connectivity index is 3.25. The number of rotatable bonds is 3. The smallest absolute Gasteiger partial charge is 0.308 e. The molecule has 0 heterocycles. The molecule has 0 aliphatic rings. The summed E-state index contributed by atoms with van der Waals surface area (Å²) in [6.07, 6.45) is 0.664. The molecule has 5 heteroatoms. The van der Waals surface area contributed by atoms with Crippen molar-refractivity contribution in [3.63, 3.8) is 0 Å². The minimum atomic E-state index is -0.469. The van der Waals surface area contributed by atoms with E-state index >= 15 is 0 Å². The standard InChI is InChI=1S/C10H9BrO4/c1-6(13)15-9-4-7(5-12)3-8(11)10(9)14-2/h3-5H,1-2H3. The summed E-state index contributed by atoms with van der Waals surface area (Å²) in [6.45, 7) is 1.28. The Bertz CT molecular complexity index is 401. The molecule has 1 aromatic carbocycles. The molecular weight excluding hydrogens is 264 g/mol. The van der Waals surface area contributed by atoms with E-state index in [-0.39, 0.29) is 5.75 Å². The zero-order valence-electron chi connectivity index (χ0n) is 8.24. The Kier molecular flexibility index (Phi) is 3.85. The van der Waals surface area contributed by atoms with Crippen LogP contribution in [0.25, 0.3) is 0 Å². The first-order valence-corrected chi connectivity index (χ1v) is 4.89. The maximum atomic E-state index is 10.8. The van der Waals surface area contributed by atoms with Crippen LogP contribution >= 0.6 is 15.9 Å². The molecule has 1 aromatic rings. The van der Waals surface area contributed by atoms with Crippen molar-refractivity contribution < 1.29 is 19.1 Å². The number of hydrogen-bond donors (Lipinski definition) is 0. The molecule has 0 aliphatic heterocycles. The number of aldehydes is 1. The summed E-state index contributed by atoms with van der Waals surface area (Å²) in [5.41, 5.74) is 0.402. The lowest BCUT2D eigenvalue weighted by Gasteiger charge is -2.10. The number of benzene rings is 1. The molecule has 4 nitrogen and oxygen atoms in total. The maximum absolute atomic E-state index is 10.8. The van der Waals surface area contributed by atoms with Crippen molar-refractivity contribution in [2.75, 3.05) is 7.11 Å². The number of carbonyl (C=O) groups is 2. The highest BCUT2D eigenvalue weighted by Gasteiger charge is 2.12. The van der Waals surface area contributed by atoms with Gasteiger partial charge in [-0.1, -0.05) is 0 Å². The van der Waals surface area contributed by atoms with Gasteiger partial charge in [-0.25, -0.2) is 0 Å². The normalized spacial score (nSPS) is 9.53. The van der Waals surface area contributed by atoms with Crippen molar-refractivity contribution in [1.82, 2.24) is 0 Å². The van der Waals surface area contributed by atoms with Gasteiger partial charge in [0.15, 0.2) is 11.5 Å². The van der Waals surface area contributed by atoms with Crippen molar-refractivity contribution >= 4 is 28.2 Å². The summed E-state index contributed by atoms with van der Waals surface area (Å²) in [6, 6.07) is 3.02. The second-order valence-corrected chi connectivity index (χ2v) is 3.60. The molecule has 80 valence electrons. The highest BCUT2D eigenvalue weighted by Crippen LogP contribution is 2.36. The van der Waals surface area contributed by atoms with E-state index in [1.54, 1.807) is 6.07 Å². The summed E-state index contributed by atoms with van der Waals surface area (Å²) in [5.74, 6) is 0.139. The summed E-state index contributed by atoms with van der Waals surface area (Å²) < 4.78 is 10.5. The van der Waals surface area contributed by atoms with E-state index in [0.717, 1.165) is 0 Å². The lowest BCUT2D eigenvalue weighted by molar-refractivity contribution is -0.132. The fraction of sp³-hybridized carbons (Fsp3) is 0.200. The Morgan fingerprint density at radius 3 is 2.60 bits per heavy atom. The van der Waals surface area contributed by atoms with Crippen molar-refractivity contribution in [2.45, 2.75) is 6.92 Å². The Hall–Kier alpha value is -1.36. The van der Waals surface area contributed by atoms with E-state index in [1.165, 1.54) is 20.1 Å². The Morgan fingerprint density at radius 2 is 2.13 bits per heavy atom. The molecule has 0 unspecified atom stereocenters. The van der Waals surface area contributed by atoms with E-state index in [2.05, 4.69) is 15.9 Å². The molecule has 0 fully saturated rings. The molecule has 0 spiro atoms. The predicted molar refractivity (Wildman–Crippen MR) is 57.4 cm³/mol. The molecule has 0 N–H and O–H groups in total. The van der Waals surface area contributed by atoms with Crippen LogP contribution in [0.5, 0.6) is 11.5 Å². The van der Waals surface area contributed by atoms with Gasteiger partial charge in [0.2, 0.25) is 0 Å². The molecule has 0 amide bonds. The minimum absolute atomic E-state index is 0.224. The van der Waals surface area contributed by atoms with Gasteiger partial charge in [-0.05, 0) is 28.1 Å². The van der Waals surface area contributed by atoms with Gasteiger partial charge in [-0.15, -0.1) is 0 Å². The van der Waals surface area contributed by atoms with Gasteiger partial charge in [0.1, 0.15) is 6.29 Å². The van der Waals surface area contributed by atoms with Gasteiger partial charge in [-0.2, -0.15) is 0 Å². The third-order valence-corrected chi connectivity index (χ3v) is 2.21. The molecule has 0 bridgehead atoms. The van der Waals surface area contributed by atoms with Crippen LogP contribution in [0, 0.1) is 0 Å². The van der Waals surface area contributed by atoms with Gasteiger partial charge in [0, 0.05) is 12.5 Å². The van der Waals surface area contributed by atoms with Crippen LogP contribution in [0.3, 0.4) is 0 Å². The van der Waals surface area contributed by atoms with E-state index in [1.807, 2.05) is 0 Å². The predicted octanol–water partition coefficient (Wildman–Crippen LogP) is 2.20. The third kappa shape index (κ3) is 2.79. The van der Waals surface area contributed by atoms with E-state index in [9.17, 15) is 9.59 Å². The maximum Gasteiger partial charge on any atom is 0.308 e. The topological polar surface area (TPSA) is 52.6 Å². The molecule has 0 aromatic heterocycles. The average Bonchev–Trinajstić information content (AvgIpc) is 2.16. The zero-order chi connectivity index (χ0) is 11.4. The van der Waals surface area contributed by atoms with E-state index in [4.69, 9.17) is 9.47 Å². The van der Waals surface area contributed by atoms with Gasteiger partial charge in [0.05, 0.1) is 11.6 Å². The number of hydrogen-bond acceptors (Lipinski definition) is 4. The minimum Gasteiger partial charge on any atom is -0.492 e. The van der Waals surface area contributed by atoms with E-state index < -0.39 is 5.97 Å². The number of carbonyl (C=O) groups excluding carboxylic acids is 2. The van der Waals surface area contributed by atoms with Crippen molar-refractivity contribution in [3.05, 3.63) is 22.2 Å². The highest BCUT2D eigenvalue weighted by atomic mass is 79.9. The molecule has 15 heavy (non-hydrogen) atoms. The van der Waals surface area contributed by atoms with Crippen LogP contribution in [0.4, 0.5) is 0 Å². The average molecular weight is 273 g/mol. The van der Waals surface area contributed by atoms with Gasteiger partial charge in [0.25, 0.3) is 0 Å². The van der Waals surface area contributed by atoms with Crippen molar-refractivity contribution in [1.29, 1.82) is 0 Å². The van der Waals surface area contributed by atoms with Crippen LogP contribution in [0.15, 0.2) is 16.6 Å². The zero-order valence-corrected chi connectivity index (χ0v) is 9.83. The van der Waals surface area contributed by atoms with Crippen molar-refractivity contribution in [2.24, 2.45) is 0 Å². The SMILES string of the molecule is COc1c(Br)cc(C=O)cc1OC(C)=O. The largest absolute Gasteiger partial charge is 0.492 e. The quantitative estimate of drug-likeness (QED) is 0.481. The summed E-state index contributed by atoms with van der Waals surface area (Å²) in [7, 11) is 1.45. The molecular formula is C10H9BrO4. The van der Waals surface area contributed by atoms with Crippen LogP contribution in [0.1, 0.15) is 17.3 Å². The Labute approximate surface area is 95.3 Å². The summed E-state index contributed by atoms with van der Waals surface area (Å²) >= 11 is 3.21. The van der Waals surface area contributed by atoms with Gasteiger partial charge >= 0.3 is 5.97 Å². The number of ether oxygens (including phenoxy) is 2. The lowest BCUT2D eigenvalue weighted by atomic mass is 10.2. The lowest BCUT2D eigenvalue weighted by Crippen LogP contribution is -2.04. The number of esters is 1. The molecule has 0 radical (unpaired) electrons. The second kappa shape index (κ2) is 4.93. The Morgan fingerprint density at radius 1 is 1.47 bits per heavy atom. The first kappa shape index (κ1) is 11.7. The third-order valence-electron chi connectivity index (χ3n) is 1.63. The molecule has 0 atom stereocenters. The summed E-state index contributed by atoms with van der Waals surface area (Å²) in [4.78, 5) is 21.4. The monoisotopic (exact) mass is 272 g/mol. The highest BCUT2D eigenvalue weighted by molar-refractivity contribution is 9.10. The number of methoxy groups -OCH3 is 1. The van der Waals surface area contributed by atoms with Crippen molar-refractivity contribution in [3.8, 4) is 11.5 Å². The van der Waals surface area contributed by atoms with Crippen LogP contribution in [-0.4, -0.2) is 19.4 Å². The summed E-state index contributed by atoms with van der Waals surface area (Å²) in [5, 5.41) is 0. The second-order valence-electron chi connectivity index (χ2n) is 2.75. The molecule has 0 saturated carbocycles. The van der Waals surface area contributed by atoms with Gasteiger partial charge in [-0.3, -0.25) is 9.59 Å².